The van der Waals surface area contributed by atoms with Gasteiger partial charge in [-0.05, 0) is 6.07 Å². The van der Waals surface area contributed by atoms with Gasteiger partial charge in [-0.15, -0.1) is 0 Å². The van der Waals surface area contributed by atoms with Gasteiger partial charge in [0.05, 0.1) is 0 Å². The molecule has 1 N–H and O–H groups in total. The van der Waals surface area contributed by atoms with Crippen LogP contribution in [0, 0.1) is 11.6 Å². The van der Waals surface area contributed by atoms with Crippen molar-refractivity contribution in [1.29, 1.82) is 0 Å². The predicted octanol–water partition coefficient (Wildman–Crippen LogP) is 0.774. The summed E-state index contributed by atoms with van der Waals surface area (Å²) in [5.74, 6) is -2.01. The minimum absolute atomic E-state index is 0.212. The average Bonchev–Trinajstić information content (AvgIpc) is 2.32. The minimum Gasteiger partial charge on any atom is -0.314 e. The van der Waals surface area contributed by atoms with Gasteiger partial charge in [-0.25, -0.2) is 17.2 Å². The van der Waals surface area contributed by atoms with Crippen molar-refractivity contribution in [3.63, 3.8) is 0 Å². The van der Waals surface area contributed by atoms with Gasteiger partial charge in [0.15, 0.2) is 9.84 Å². The molecule has 1 aromatic carbocycles. The van der Waals surface area contributed by atoms with Crippen LogP contribution in [0.5, 0.6) is 0 Å². The summed E-state index contributed by atoms with van der Waals surface area (Å²) in [6.45, 7) is 3.41. The molecule has 1 saturated heterocycles. The number of hydrogen-bond acceptors (Lipinski definition) is 4. The van der Waals surface area contributed by atoms with Crippen LogP contribution in [0.4, 0.5) is 8.78 Å². The molecule has 0 aromatic heterocycles. The monoisotopic (exact) mass is 290 g/mol. The standard InChI is InChI=1S/C12H16F2N2O2S/c1-19(17,18)12-10(13)3-2-9(11(12)14)8-16-6-4-15-5-7-16/h2-3,15H,4-8H2,1H3. The first kappa shape index (κ1) is 14.4. The molecule has 2 rings (SSSR count). The summed E-state index contributed by atoms with van der Waals surface area (Å²) in [7, 11) is -3.91. The molecule has 1 fully saturated rings. The second-order valence-electron chi connectivity index (χ2n) is 4.65. The van der Waals surface area contributed by atoms with Crippen molar-refractivity contribution in [2.75, 3.05) is 32.4 Å². The van der Waals surface area contributed by atoms with E-state index in [1.165, 1.54) is 6.07 Å². The third-order valence-electron chi connectivity index (χ3n) is 3.10. The van der Waals surface area contributed by atoms with Crippen molar-refractivity contribution in [3.05, 3.63) is 29.3 Å². The molecular weight excluding hydrogens is 274 g/mol. The van der Waals surface area contributed by atoms with Crippen LogP contribution >= 0.6 is 0 Å². The quantitative estimate of drug-likeness (QED) is 0.893. The summed E-state index contributed by atoms with van der Waals surface area (Å²) in [5.41, 5.74) is 0.212. The first-order chi connectivity index (χ1) is 8.89. The number of rotatable bonds is 3. The van der Waals surface area contributed by atoms with Crippen LogP contribution in [0.2, 0.25) is 0 Å². The molecule has 0 bridgehead atoms. The number of piperazine rings is 1. The van der Waals surface area contributed by atoms with Crippen LogP contribution in [0.3, 0.4) is 0 Å². The molecule has 0 radical (unpaired) electrons. The first-order valence-electron chi connectivity index (χ1n) is 5.99. The van der Waals surface area contributed by atoms with E-state index in [0.29, 0.717) is 0 Å². The fourth-order valence-electron chi connectivity index (χ4n) is 2.15. The second-order valence-corrected chi connectivity index (χ2v) is 6.60. The molecule has 0 atom stereocenters. The highest BCUT2D eigenvalue weighted by molar-refractivity contribution is 7.90. The van der Waals surface area contributed by atoms with Crippen molar-refractivity contribution in [2.45, 2.75) is 11.4 Å². The molecule has 19 heavy (non-hydrogen) atoms. The van der Waals surface area contributed by atoms with E-state index < -0.39 is 26.4 Å². The molecule has 0 unspecified atom stereocenters. The molecule has 0 saturated carbocycles. The van der Waals surface area contributed by atoms with Crippen molar-refractivity contribution in [1.82, 2.24) is 10.2 Å². The first-order valence-corrected chi connectivity index (χ1v) is 7.89. The molecule has 0 amide bonds. The average molecular weight is 290 g/mol. The van der Waals surface area contributed by atoms with Crippen LogP contribution < -0.4 is 5.32 Å². The maximum Gasteiger partial charge on any atom is 0.181 e. The summed E-state index contributed by atoms with van der Waals surface area (Å²) < 4.78 is 50.4. The van der Waals surface area contributed by atoms with E-state index in [1.807, 2.05) is 4.90 Å². The fourth-order valence-corrected chi connectivity index (χ4v) is 3.02. The summed E-state index contributed by atoms with van der Waals surface area (Å²) in [4.78, 5) is 1.17. The minimum atomic E-state index is -3.91. The van der Waals surface area contributed by atoms with Crippen molar-refractivity contribution < 1.29 is 17.2 Å². The van der Waals surface area contributed by atoms with Gasteiger partial charge >= 0.3 is 0 Å². The molecule has 1 heterocycles. The predicted molar refractivity (Wildman–Crippen MR) is 67.6 cm³/mol. The Hall–Kier alpha value is -1.05. The van der Waals surface area contributed by atoms with E-state index in [2.05, 4.69) is 5.32 Å². The van der Waals surface area contributed by atoms with E-state index in [9.17, 15) is 17.2 Å². The highest BCUT2D eigenvalue weighted by Crippen LogP contribution is 2.23. The van der Waals surface area contributed by atoms with Crippen LogP contribution in [0.25, 0.3) is 0 Å². The Kier molecular flexibility index (Phi) is 4.17. The fraction of sp³-hybridized carbons (Fsp3) is 0.500. The third-order valence-corrected chi connectivity index (χ3v) is 4.22. The molecule has 1 aliphatic rings. The second kappa shape index (κ2) is 5.52. The Morgan fingerprint density at radius 2 is 1.89 bits per heavy atom. The Bertz CT molecular complexity index is 569. The summed E-state index contributed by atoms with van der Waals surface area (Å²) in [6.07, 6.45) is 0.809. The van der Waals surface area contributed by atoms with Crippen molar-refractivity contribution >= 4 is 9.84 Å². The third kappa shape index (κ3) is 3.29. The van der Waals surface area contributed by atoms with E-state index in [0.717, 1.165) is 38.5 Å². The number of hydrogen-bond donors (Lipinski definition) is 1. The molecule has 1 aliphatic heterocycles. The van der Waals surface area contributed by atoms with Gasteiger partial charge in [0, 0.05) is 44.5 Å². The van der Waals surface area contributed by atoms with Gasteiger partial charge in [0.25, 0.3) is 0 Å². The Morgan fingerprint density at radius 1 is 1.26 bits per heavy atom. The SMILES string of the molecule is CS(=O)(=O)c1c(F)ccc(CN2CCNCC2)c1F. The maximum atomic E-state index is 14.1. The number of sulfone groups is 1. The Morgan fingerprint density at radius 3 is 2.47 bits per heavy atom. The normalized spacial score (nSPS) is 17.6. The van der Waals surface area contributed by atoms with Crippen LogP contribution in [0.15, 0.2) is 17.0 Å². The summed E-state index contributed by atoms with van der Waals surface area (Å²) >= 11 is 0. The van der Waals surface area contributed by atoms with Crippen LogP contribution in [-0.2, 0) is 16.4 Å². The van der Waals surface area contributed by atoms with Gasteiger partial charge < -0.3 is 5.32 Å². The van der Waals surface area contributed by atoms with Gasteiger partial charge in [0.1, 0.15) is 16.5 Å². The topological polar surface area (TPSA) is 49.4 Å². The van der Waals surface area contributed by atoms with Crippen LogP contribution in [0.1, 0.15) is 5.56 Å². The molecule has 1 aromatic rings. The number of benzene rings is 1. The van der Waals surface area contributed by atoms with Crippen molar-refractivity contribution in [3.8, 4) is 0 Å². The number of nitrogens with zero attached hydrogens (tertiary/aromatic N) is 1. The van der Waals surface area contributed by atoms with Gasteiger partial charge in [-0.1, -0.05) is 6.07 Å². The zero-order chi connectivity index (χ0) is 14.0. The summed E-state index contributed by atoms with van der Waals surface area (Å²) in [6, 6.07) is 2.32. The number of halogens is 2. The number of nitrogens with one attached hydrogen (secondary N) is 1. The molecule has 0 aliphatic carbocycles. The molecule has 7 heteroatoms. The Labute approximate surface area is 111 Å². The molecule has 106 valence electrons. The molecule has 4 nitrogen and oxygen atoms in total. The lowest BCUT2D eigenvalue weighted by Crippen LogP contribution is -2.43. The van der Waals surface area contributed by atoms with E-state index in [4.69, 9.17) is 0 Å². The molecular formula is C12H16F2N2O2S. The summed E-state index contributed by atoms with van der Waals surface area (Å²) in [5, 5.41) is 3.17. The van der Waals surface area contributed by atoms with Gasteiger partial charge in [-0.3, -0.25) is 4.90 Å². The van der Waals surface area contributed by atoms with Gasteiger partial charge in [0.2, 0.25) is 0 Å². The largest absolute Gasteiger partial charge is 0.314 e. The highest BCUT2D eigenvalue weighted by atomic mass is 32.2. The lowest BCUT2D eigenvalue weighted by Gasteiger charge is -2.27. The lowest BCUT2D eigenvalue weighted by molar-refractivity contribution is 0.229. The van der Waals surface area contributed by atoms with Gasteiger partial charge in [-0.2, -0.15) is 0 Å². The van der Waals surface area contributed by atoms with E-state index in [-0.39, 0.29) is 12.1 Å². The lowest BCUT2D eigenvalue weighted by atomic mass is 10.2. The maximum absolute atomic E-state index is 14.1. The zero-order valence-electron chi connectivity index (χ0n) is 10.6. The van der Waals surface area contributed by atoms with E-state index >= 15 is 0 Å². The van der Waals surface area contributed by atoms with Crippen LogP contribution in [-0.4, -0.2) is 45.8 Å². The smallest absolute Gasteiger partial charge is 0.181 e. The van der Waals surface area contributed by atoms with E-state index in [1.54, 1.807) is 0 Å². The Balaban J connectivity index is 2.32. The van der Waals surface area contributed by atoms with Crippen molar-refractivity contribution in [2.24, 2.45) is 0 Å². The highest BCUT2D eigenvalue weighted by Gasteiger charge is 2.23. The zero-order valence-corrected chi connectivity index (χ0v) is 11.4. The molecule has 0 spiro atoms.